The number of rotatable bonds is 4. The molecular weight excluding hydrogens is 253 g/mol. The first-order valence-corrected chi connectivity index (χ1v) is 6.75. The Kier molecular flexibility index (Phi) is 3.42. The van der Waals surface area contributed by atoms with Gasteiger partial charge in [-0.2, -0.15) is 0 Å². The van der Waals surface area contributed by atoms with Gasteiger partial charge in [0, 0.05) is 23.5 Å². The molecule has 0 bridgehead atoms. The van der Waals surface area contributed by atoms with Crippen LogP contribution in [0, 0.1) is 5.82 Å². The van der Waals surface area contributed by atoms with Crippen LogP contribution in [0.15, 0.2) is 54.7 Å². The van der Waals surface area contributed by atoms with Crippen molar-refractivity contribution in [2.45, 2.75) is 19.4 Å². The van der Waals surface area contributed by atoms with Crippen molar-refractivity contribution in [1.82, 2.24) is 4.57 Å². The van der Waals surface area contributed by atoms with Crippen LogP contribution in [0.5, 0.6) is 5.88 Å². The lowest BCUT2D eigenvalue weighted by atomic mass is 10.1. The Morgan fingerprint density at radius 2 is 1.90 bits per heavy atom. The number of hydrogen-bond donors (Lipinski definition) is 1. The summed E-state index contributed by atoms with van der Waals surface area (Å²) >= 11 is 0. The van der Waals surface area contributed by atoms with E-state index in [-0.39, 0.29) is 5.82 Å². The first-order valence-electron chi connectivity index (χ1n) is 6.75. The Labute approximate surface area is 117 Å². The number of aromatic nitrogens is 1. The highest BCUT2D eigenvalue weighted by Gasteiger charge is 2.06. The fourth-order valence-corrected chi connectivity index (χ4v) is 2.51. The first-order chi connectivity index (χ1) is 9.74. The van der Waals surface area contributed by atoms with Crippen molar-refractivity contribution in [3.8, 4) is 5.88 Å². The number of fused-ring (bicyclic) bond motifs is 1. The van der Waals surface area contributed by atoms with Crippen LogP contribution in [0.3, 0.4) is 0 Å². The van der Waals surface area contributed by atoms with Gasteiger partial charge in [-0.25, -0.2) is 4.39 Å². The van der Waals surface area contributed by atoms with Crippen LogP contribution in [0.4, 0.5) is 4.39 Å². The molecule has 0 aliphatic carbocycles. The van der Waals surface area contributed by atoms with E-state index in [0.717, 1.165) is 35.7 Å². The van der Waals surface area contributed by atoms with Crippen LogP contribution < -0.4 is 0 Å². The largest absolute Gasteiger partial charge is 0.494 e. The molecule has 1 N–H and O–H groups in total. The number of benzene rings is 2. The van der Waals surface area contributed by atoms with Crippen molar-refractivity contribution in [2.24, 2.45) is 0 Å². The molecule has 0 saturated heterocycles. The first kappa shape index (κ1) is 12.7. The molecule has 0 unspecified atom stereocenters. The second-order valence-corrected chi connectivity index (χ2v) is 4.97. The van der Waals surface area contributed by atoms with E-state index in [2.05, 4.69) is 0 Å². The molecule has 0 aliphatic heterocycles. The molecular formula is C17H16FNO. The lowest BCUT2D eigenvalue weighted by Crippen LogP contribution is -1.97. The molecule has 3 aromatic rings. The normalized spacial score (nSPS) is 11.1. The predicted molar refractivity (Wildman–Crippen MR) is 78.3 cm³/mol. The summed E-state index contributed by atoms with van der Waals surface area (Å²) < 4.78 is 14.9. The minimum Gasteiger partial charge on any atom is -0.494 e. The molecule has 0 atom stereocenters. The molecule has 102 valence electrons. The molecule has 0 amide bonds. The van der Waals surface area contributed by atoms with Crippen LogP contribution >= 0.6 is 0 Å². The minimum atomic E-state index is -0.197. The van der Waals surface area contributed by atoms with Gasteiger partial charge in [-0.05, 0) is 36.6 Å². The van der Waals surface area contributed by atoms with Crippen LogP contribution in [-0.4, -0.2) is 9.67 Å². The fraction of sp³-hybridized carbons (Fsp3) is 0.176. The smallest absolute Gasteiger partial charge is 0.199 e. The predicted octanol–water partition coefficient (Wildman–Crippen LogP) is 4.12. The minimum absolute atomic E-state index is 0.197. The van der Waals surface area contributed by atoms with Gasteiger partial charge in [0.25, 0.3) is 0 Å². The van der Waals surface area contributed by atoms with Crippen LogP contribution in [0.1, 0.15) is 12.0 Å². The van der Waals surface area contributed by atoms with E-state index < -0.39 is 0 Å². The monoisotopic (exact) mass is 269 g/mol. The van der Waals surface area contributed by atoms with Crippen LogP contribution in [0.25, 0.3) is 10.8 Å². The van der Waals surface area contributed by atoms with Crippen molar-refractivity contribution in [3.63, 3.8) is 0 Å². The topological polar surface area (TPSA) is 25.2 Å². The zero-order valence-corrected chi connectivity index (χ0v) is 11.1. The molecule has 0 radical (unpaired) electrons. The Morgan fingerprint density at radius 3 is 2.70 bits per heavy atom. The van der Waals surface area contributed by atoms with E-state index in [0.29, 0.717) is 5.88 Å². The lowest BCUT2D eigenvalue weighted by Gasteiger charge is -2.05. The standard InChI is InChI=1S/C17H16FNO/c18-15-8-3-5-13(11-15)6-4-10-19-12-14-7-1-2-9-16(14)17(19)20/h1-3,5,7-9,11-12,20H,4,6,10H2. The average Bonchev–Trinajstić information content (AvgIpc) is 2.76. The summed E-state index contributed by atoms with van der Waals surface area (Å²) in [5, 5.41) is 12.0. The van der Waals surface area contributed by atoms with E-state index in [1.807, 2.05) is 41.1 Å². The quantitative estimate of drug-likeness (QED) is 0.757. The Morgan fingerprint density at radius 1 is 1.05 bits per heavy atom. The highest BCUT2D eigenvalue weighted by atomic mass is 19.1. The summed E-state index contributed by atoms with van der Waals surface area (Å²) in [7, 11) is 0. The molecule has 3 rings (SSSR count). The molecule has 20 heavy (non-hydrogen) atoms. The second-order valence-electron chi connectivity index (χ2n) is 4.97. The second kappa shape index (κ2) is 5.37. The van der Waals surface area contributed by atoms with Crippen molar-refractivity contribution >= 4 is 10.8 Å². The van der Waals surface area contributed by atoms with Gasteiger partial charge in [-0.15, -0.1) is 0 Å². The molecule has 0 saturated carbocycles. The molecule has 1 aromatic heterocycles. The lowest BCUT2D eigenvalue weighted by molar-refractivity contribution is 0.418. The van der Waals surface area contributed by atoms with E-state index in [9.17, 15) is 9.50 Å². The summed E-state index contributed by atoms with van der Waals surface area (Å²) in [6, 6.07) is 14.4. The molecule has 0 aliphatic rings. The summed E-state index contributed by atoms with van der Waals surface area (Å²) in [6.45, 7) is 0.719. The molecule has 1 heterocycles. The van der Waals surface area contributed by atoms with Gasteiger partial charge < -0.3 is 9.67 Å². The highest BCUT2D eigenvalue weighted by molar-refractivity contribution is 5.87. The third-order valence-corrected chi connectivity index (χ3v) is 3.52. The zero-order valence-electron chi connectivity index (χ0n) is 11.1. The maximum Gasteiger partial charge on any atom is 0.199 e. The van der Waals surface area contributed by atoms with Crippen molar-refractivity contribution in [2.75, 3.05) is 0 Å². The summed E-state index contributed by atoms with van der Waals surface area (Å²) in [4.78, 5) is 0. The Hall–Kier alpha value is -2.29. The van der Waals surface area contributed by atoms with Gasteiger partial charge in [0.2, 0.25) is 0 Å². The van der Waals surface area contributed by atoms with Gasteiger partial charge in [0.15, 0.2) is 5.88 Å². The van der Waals surface area contributed by atoms with E-state index >= 15 is 0 Å². The van der Waals surface area contributed by atoms with E-state index in [4.69, 9.17) is 0 Å². The molecule has 0 fully saturated rings. The number of halogens is 1. The third-order valence-electron chi connectivity index (χ3n) is 3.52. The molecule has 3 heteroatoms. The number of hydrogen-bond acceptors (Lipinski definition) is 1. The van der Waals surface area contributed by atoms with Crippen LogP contribution in [0.2, 0.25) is 0 Å². The van der Waals surface area contributed by atoms with E-state index in [1.54, 1.807) is 12.1 Å². The zero-order chi connectivity index (χ0) is 13.9. The molecule has 0 spiro atoms. The van der Waals surface area contributed by atoms with Gasteiger partial charge >= 0.3 is 0 Å². The Balaban J connectivity index is 1.69. The summed E-state index contributed by atoms with van der Waals surface area (Å²) in [6.07, 6.45) is 3.61. The molecule has 2 aromatic carbocycles. The molecule has 2 nitrogen and oxygen atoms in total. The van der Waals surface area contributed by atoms with Gasteiger partial charge in [0.1, 0.15) is 5.82 Å². The van der Waals surface area contributed by atoms with Crippen molar-refractivity contribution < 1.29 is 9.50 Å². The van der Waals surface area contributed by atoms with Gasteiger partial charge in [-0.3, -0.25) is 0 Å². The van der Waals surface area contributed by atoms with Gasteiger partial charge in [0.05, 0.1) is 0 Å². The summed E-state index contributed by atoms with van der Waals surface area (Å²) in [5.41, 5.74) is 0.987. The highest BCUT2D eigenvalue weighted by Crippen LogP contribution is 2.26. The number of aryl methyl sites for hydroxylation is 2. The summed E-state index contributed by atoms with van der Waals surface area (Å²) in [5.74, 6) is 0.108. The van der Waals surface area contributed by atoms with E-state index in [1.165, 1.54) is 6.07 Å². The number of aromatic hydroxyl groups is 1. The van der Waals surface area contributed by atoms with Crippen molar-refractivity contribution in [3.05, 3.63) is 66.1 Å². The van der Waals surface area contributed by atoms with Crippen molar-refractivity contribution in [1.29, 1.82) is 0 Å². The van der Waals surface area contributed by atoms with Crippen LogP contribution in [-0.2, 0) is 13.0 Å². The Bertz CT molecular complexity index is 733. The number of nitrogens with zero attached hydrogens (tertiary/aromatic N) is 1. The fourth-order valence-electron chi connectivity index (χ4n) is 2.51. The maximum atomic E-state index is 13.1. The third kappa shape index (κ3) is 2.52. The SMILES string of the molecule is Oc1c2ccccc2cn1CCCc1cccc(F)c1. The average molecular weight is 269 g/mol. The van der Waals surface area contributed by atoms with Gasteiger partial charge in [-0.1, -0.05) is 30.3 Å². The maximum absolute atomic E-state index is 13.1.